The van der Waals surface area contributed by atoms with Gasteiger partial charge in [0.25, 0.3) is 0 Å². The van der Waals surface area contributed by atoms with E-state index in [1.807, 2.05) is 0 Å². The lowest BCUT2D eigenvalue weighted by Crippen LogP contribution is -2.38. The molecule has 0 spiro atoms. The van der Waals surface area contributed by atoms with E-state index in [9.17, 15) is 5.11 Å². The van der Waals surface area contributed by atoms with Gasteiger partial charge in [0.15, 0.2) is 0 Å². The SMILES string of the molecule is OC1CCC(CNC(C2CC2)C2CC2)CC1. The first kappa shape index (κ1) is 11.0. The fraction of sp³-hybridized carbons (Fsp3) is 1.00. The first-order valence-corrected chi connectivity index (χ1v) is 7.24. The van der Waals surface area contributed by atoms with E-state index in [0.717, 1.165) is 36.6 Å². The topological polar surface area (TPSA) is 32.3 Å². The summed E-state index contributed by atoms with van der Waals surface area (Å²) in [6, 6.07) is 0.854. The summed E-state index contributed by atoms with van der Waals surface area (Å²) in [5.41, 5.74) is 0. The van der Waals surface area contributed by atoms with Crippen LogP contribution in [0.4, 0.5) is 0 Å². The van der Waals surface area contributed by atoms with Crippen molar-refractivity contribution in [2.24, 2.45) is 17.8 Å². The van der Waals surface area contributed by atoms with E-state index in [4.69, 9.17) is 0 Å². The molecule has 0 aliphatic heterocycles. The van der Waals surface area contributed by atoms with E-state index in [1.165, 1.54) is 45.1 Å². The largest absolute Gasteiger partial charge is 0.393 e. The van der Waals surface area contributed by atoms with Gasteiger partial charge in [-0.1, -0.05) is 0 Å². The molecule has 3 rings (SSSR count). The second-order valence-corrected chi connectivity index (χ2v) is 6.28. The van der Waals surface area contributed by atoms with Crippen LogP contribution < -0.4 is 5.32 Å². The molecular weight excluding hydrogens is 198 g/mol. The predicted molar refractivity (Wildman–Crippen MR) is 65.2 cm³/mol. The zero-order valence-corrected chi connectivity index (χ0v) is 10.2. The van der Waals surface area contributed by atoms with Crippen molar-refractivity contribution in [3.05, 3.63) is 0 Å². The Bertz CT molecular complexity index is 215. The molecule has 0 radical (unpaired) electrons. The smallest absolute Gasteiger partial charge is 0.0540 e. The van der Waals surface area contributed by atoms with Gasteiger partial charge in [0.2, 0.25) is 0 Å². The van der Waals surface area contributed by atoms with Gasteiger partial charge in [-0.05, 0) is 75.7 Å². The number of aliphatic hydroxyl groups excluding tert-OH is 1. The third kappa shape index (κ3) is 2.78. The molecular formula is C14H25NO. The van der Waals surface area contributed by atoms with Crippen LogP contribution in [0.1, 0.15) is 51.4 Å². The summed E-state index contributed by atoms with van der Waals surface area (Å²) in [5.74, 6) is 2.87. The molecule has 16 heavy (non-hydrogen) atoms. The summed E-state index contributed by atoms with van der Waals surface area (Å²) < 4.78 is 0. The van der Waals surface area contributed by atoms with Gasteiger partial charge >= 0.3 is 0 Å². The Balaban J connectivity index is 1.41. The van der Waals surface area contributed by atoms with Gasteiger partial charge < -0.3 is 10.4 Å². The molecule has 0 aromatic carbocycles. The Morgan fingerprint density at radius 1 is 0.875 bits per heavy atom. The van der Waals surface area contributed by atoms with Crippen LogP contribution in [0.3, 0.4) is 0 Å². The van der Waals surface area contributed by atoms with Crippen molar-refractivity contribution in [2.45, 2.75) is 63.5 Å². The molecule has 3 aliphatic carbocycles. The lowest BCUT2D eigenvalue weighted by Gasteiger charge is -2.28. The van der Waals surface area contributed by atoms with Gasteiger partial charge in [-0.25, -0.2) is 0 Å². The third-order valence-electron chi connectivity index (χ3n) is 4.72. The standard InChI is InChI=1S/C14H25NO/c16-13-7-1-10(2-8-13)9-15-14(11-3-4-11)12-5-6-12/h10-16H,1-9H2. The highest BCUT2D eigenvalue weighted by molar-refractivity contribution is 4.96. The zero-order valence-electron chi connectivity index (χ0n) is 10.2. The van der Waals surface area contributed by atoms with Crippen LogP contribution in [0.25, 0.3) is 0 Å². The highest BCUT2D eigenvalue weighted by atomic mass is 16.3. The fourth-order valence-corrected chi connectivity index (χ4v) is 3.28. The molecule has 3 fully saturated rings. The average Bonchev–Trinajstić information content (AvgIpc) is 3.15. The van der Waals surface area contributed by atoms with Gasteiger partial charge in [-0.15, -0.1) is 0 Å². The summed E-state index contributed by atoms with van der Waals surface area (Å²) in [5, 5.41) is 13.3. The molecule has 92 valence electrons. The van der Waals surface area contributed by atoms with Gasteiger partial charge in [-0.3, -0.25) is 0 Å². The number of aliphatic hydroxyl groups is 1. The molecule has 0 atom stereocenters. The van der Waals surface area contributed by atoms with Crippen molar-refractivity contribution in [3.63, 3.8) is 0 Å². The third-order valence-corrected chi connectivity index (χ3v) is 4.72. The summed E-state index contributed by atoms with van der Waals surface area (Å²) in [6.07, 6.45) is 10.4. The van der Waals surface area contributed by atoms with Gasteiger partial charge in [0, 0.05) is 6.04 Å². The molecule has 2 N–H and O–H groups in total. The number of hydrogen-bond acceptors (Lipinski definition) is 2. The van der Waals surface area contributed by atoms with Gasteiger partial charge in [0.05, 0.1) is 6.10 Å². The Labute approximate surface area is 98.8 Å². The molecule has 2 heteroatoms. The van der Waals surface area contributed by atoms with E-state index in [-0.39, 0.29) is 6.10 Å². The second kappa shape index (κ2) is 4.66. The maximum atomic E-state index is 9.48. The average molecular weight is 223 g/mol. The number of nitrogens with one attached hydrogen (secondary N) is 1. The minimum Gasteiger partial charge on any atom is -0.393 e. The summed E-state index contributed by atoms with van der Waals surface area (Å²) in [7, 11) is 0. The molecule has 2 nitrogen and oxygen atoms in total. The zero-order chi connectivity index (χ0) is 11.0. The maximum absolute atomic E-state index is 9.48. The Morgan fingerprint density at radius 3 is 1.94 bits per heavy atom. The molecule has 0 saturated heterocycles. The molecule has 0 aromatic rings. The molecule has 0 unspecified atom stereocenters. The minimum absolute atomic E-state index is 0.00101. The summed E-state index contributed by atoms with van der Waals surface area (Å²) in [4.78, 5) is 0. The fourth-order valence-electron chi connectivity index (χ4n) is 3.28. The van der Waals surface area contributed by atoms with Crippen molar-refractivity contribution >= 4 is 0 Å². The minimum atomic E-state index is -0.00101. The number of hydrogen-bond donors (Lipinski definition) is 2. The van der Waals surface area contributed by atoms with Crippen molar-refractivity contribution in [3.8, 4) is 0 Å². The second-order valence-electron chi connectivity index (χ2n) is 6.28. The predicted octanol–water partition coefficient (Wildman–Crippen LogP) is 2.32. The van der Waals surface area contributed by atoms with E-state index in [0.29, 0.717) is 0 Å². The normalized spacial score (nSPS) is 35.6. The Morgan fingerprint density at radius 2 is 1.44 bits per heavy atom. The van der Waals surface area contributed by atoms with Crippen molar-refractivity contribution in [1.82, 2.24) is 5.32 Å². The molecule has 0 heterocycles. The van der Waals surface area contributed by atoms with Crippen LogP contribution >= 0.6 is 0 Å². The van der Waals surface area contributed by atoms with Gasteiger partial charge in [-0.2, -0.15) is 0 Å². The highest BCUT2D eigenvalue weighted by Gasteiger charge is 2.41. The van der Waals surface area contributed by atoms with Crippen molar-refractivity contribution < 1.29 is 5.11 Å². The van der Waals surface area contributed by atoms with Crippen LogP contribution in [0.15, 0.2) is 0 Å². The monoisotopic (exact) mass is 223 g/mol. The maximum Gasteiger partial charge on any atom is 0.0540 e. The van der Waals surface area contributed by atoms with Crippen LogP contribution in [0.2, 0.25) is 0 Å². The van der Waals surface area contributed by atoms with Crippen LogP contribution in [0.5, 0.6) is 0 Å². The number of rotatable bonds is 5. The molecule has 3 aliphatic rings. The Kier molecular flexibility index (Phi) is 3.21. The summed E-state index contributed by atoms with van der Waals surface area (Å²) in [6.45, 7) is 1.21. The van der Waals surface area contributed by atoms with Crippen LogP contribution in [-0.2, 0) is 0 Å². The van der Waals surface area contributed by atoms with E-state index < -0.39 is 0 Å². The quantitative estimate of drug-likeness (QED) is 0.749. The van der Waals surface area contributed by atoms with E-state index in [1.54, 1.807) is 0 Å². The van der Waals surface area contributed by atoms with Gasteiger partial charge in [0.1, 0.15) is 0 Å². The van der Waals surface area contributed by atoms with Crippen molar-refractivity contribution in [1.29, 1.82) is 0 Å². The molecule has 0 amide bonds. The van der Waals surface area contributed by atoms with Crippen molar-refractivity contribution in [2.75, 3.05) is 6.54 Å². The Hall–Kier alpha value is -0.0800. The highest BCUT2D eigenvalue weighted by Crippen LogP contribution is 2.44. The molecule has 3 saturated carbocycles. The first-order valence-electron chi connectivity index (χ1n) is 7.24. The molecule has 0 aromatic heterocycles. The summed E-state index contributed by atoms with van der Waals surface area (Å²) >= 11 is 0. The van der Waals surface area contributed by atoms with E-state index >= 15 is 0 Å². The molecule has 0 bridgehead atoms. The van der Waals surface area contributed by atoms with E-state index in [2.05, 4.69) is 5.32 Å². The lowest BCUT2D eigenvalue weighted by molar-refractivity contribution is 0.107. The van der Waals surface area contributed by atoms with Crippen LogP contribution in [-0.4, -0.2) is 23.8 Å². The first-order chi connectivity index (χ1) is 7.83. The lowest BCUT2D eigenvalue weighted by atomic mass is 9.87. The van der Waals surface area contributed by atoms with Crippen LogP contribution in [0, 0.1) is 17.8 Å².